The quantitative estimate of drug-likeness (QED) is 0.0222. The van der Waals surface area contributed by atoms with E-state index in [0.29, 0.717) is 25.7 Å². The molecule has 0 aromatic rings. The molecule has 19 heteroatoms. The number of aliphatic hydroxyl groups is 1. The number of esters is 4. The van der Waals surface area contributed by atoms with Gasteiger partial charge < -0.3 is 33.8 Å². The Morgan fingerprint density at radius 1 is 0.310 bits per heavy atom. The molecule has 5 atom stereocenters. The maximum atomic E-state index is 13.0. The van der Waals surface area contributed by atoms with E-state index in [2.05, 4.69) is 34.6 Å². The maximum Gasteiger partial charge on any atom is 0.472 e. The molecule has 0 aliphatic heterocycles. The number of carbonyl (C=O) groups is 4. The van der Waals surface area contributed by atoms with Gasteiger partial charge in [-0.05, 0) is 31.6 Å². The van der Waals surface area contributed by atoms with Crippen molar-refractivity contribution in [2.75, 3.05) is 39.6 Å². The monoisotopic (exact) mass is 1280 g/mol. The summed E-state index contributed by atoms with van der Waals surface area (Å²) >= 11 is 0. The number of hydrogen-bond donors (Lipinski definition) is 3. The van der Waals surface area contributed by atoms with Crippen LogP contribution in [-0.2, 0) is 65.4 Å². The smallest absolute Gasteiger partial charge is 0.462 e. The van der Waals surface area contributed by atoms with Gasteiger partial charge in [-0.1, -0.05) is 298 Å². The number of ether oxygens (including phenoxy) is 4. The fourth-order valence-electron chi connectivity index (χ4n) is 10.3. The summed E-state index contributed by atoms with van der Waals surface area (Å²) in [6.45, 7) is 7.22. The molecule has 0 heterocycles. The lowest BCUT2D eigenvalue weighted by Crippen LogP contribution is -2.30. The first-order chi connectivity index (χ1) is 42.0. The second-order valence-corrected chi connectivity index (χ2v) is 27.9. The van der Waals surface area contributed by atoms with Gasteiger partial charge in [0.2, 0.25) is 0 Å². The Kier molecular flexibility index (Phi) is 60.2. The third kappa shape index (κ3) is 62.6. The number of hydrogen-bond acceptors (Lipinski definition) is 15. The van der Waals surface area contributed by atoms with Crippen LogP contribution in [0.25, 0.3) is 0 Å². The Labute approximate surface area is 530 Å². The van der Waals surface area contributed by atoms with Crippen LogP contribution < -0.4 is 0 Å². The minimum absolute atomic E-state index is 0.106. The van der Waals surface area contributed by atoms with Gasteiger partial charge in [-0.2, -0.15) is 0 Å². The molecule has 0 aliphatic carbocycles. The third-order valence-corrected chi connectivity index (χ3v) is 17.7. The van der Waals surface area contributed by atoms with Gasteiger partial charge in [0.25, 0.3) is 0 Å². The number of aliphatic hydroxyl groups excluding tert-OH is 1. The van der Waals surface area contributed by atoms with Crippen molar-refractivity contribution in [1.82, 2.24) is 0 Å². The second-order valence-electron chi connectivity index (χ2n) is 25.0. The van der Waals surface area contributed by atoms with E-state index in [0.717, 1.165) is 95.8 Å². The molecule has 0 radical (unpaired) electrons. The molecular weight excluding hydrogens is 1150 g/mol. The Bertz CT molecular complexity index is 1690. The van der Waals surface area contributed by atoms with E-state index >= 15 is 0 Å². The van der Waals surface area contributed by atoms with E-state index in [1.54, 1.807) is 0 Å². The molecule has 3 N–H and O–H groups in total. The normalized spacial score (nSPS) is 14.1. The minimum atomic E-state index is -4.95. The molecule has 0 spiro atoms. The van der Waals surface area contributed by atoms with Gasteiger partial charge in [-0.15, -0.1) is 0 Å². The van der Waals surface area contributed by atoms with Gasteiger partial charge >= 0.3 is 39.5 Å². The zero-order chi connectivity index (χ0) is 64.2. The fourth-order valence-corrected chi connectivity index (χ4v) is 11.9. The molecule has 0 aromatic heterocycles. The van der Waals surface area contributed by atoms with Crippen molar-refractivity contribution in [3.05, 3.63) is 0 Å². The summed E-state index contributed by atoms with van der Waals surface area (Å²) in [4.78, 5) is 72.3. The number of phosphoric ester groups is 2. The van der Waals surface area contributed by atoms with Crippen molar-refractivity contribution in [2.24, 2.45) is 5.92 Å². The zero-order valence-corrected chi connectivity index (χ0v) is 57.9. The van der Waals surface area contributed by atoms with Crippen LogP contribution >= 0.6 is 15.6 Å². The van der Waals surface area contributed by atoms with Crippen molar-refractivity contribution in [1.29, 1.82) is 0 Å². The van der Waals surface area contributed by atoms with Crippen LogP contribution in [0, 0.1) is 5.92 Å². The van der Waals surface area contributed by atoms with E-state index in [1.165, 1.54) is 173 Å². The van der Waals surface area contributed by atoms with Gasteiger partial charge in [0.05, 0.1) is 26.4 Å². The van der Waals surface area contributed by atoms with Crippen LogP contribution in [0.1, 0.15) is 349 Å². The van der Waals surface area contributed by atoms with Gasteiger partial charge in [0.15, 0.2) is 12.2 Å². The predicted octanol–water partition coefficient (Wildman–Crippen LogP) is 19.4. The summed E-state index contributed by atoms with van der Waals surface area (Å²) in [7, 11) is -9.89. The zero-order valence-electron chi connectivity index (χ0n) is 56.2. The summed E-state index contributed by atoms with van der Waals surface area (Å²) < 4.78 is 68.1. The minimum Gasteiger partial charge on any atom is -0.462 e. The average molecular weight is 1280 g/mol. The molecule has 0 aromatic carbocycles. The fraction of sp³-hybridized carbons (Fsp3) is 0.941. The van der Waals surface area contributed by atoms with Crippen LogP contribution in [0.4, 0.5) is 0 Å². The summed E-state index contributed by atoms with van der Waals surface area (Å²) in [5, 5.41) is 10.6. The summed E-state index contributed by atoms with van der Waals surface area (Å²) in [6, 6.07) is 0. The molecule has 0 rings (SSSR count). The van der Waals surface area contributed by atoms with Crippen LogP contribution in [-0.4, -0.2) is 96.7 Å². The first-order valence-corrected chi connectivity index (χ1v) is 38.6. The molecule has 516 valence electrons. The summed E-state index contributed by atoms with van der Waals surface area (Å²) in [6.07, 6.45) is 47.1. The Hall–Kier alpha value is -1.94. The van der Waals surface area contributed by atoms with Crippen molar-refractivity contribution in [3.63, 3.8) is 0 Å². The van der Waals surface area contributed by atoms with Gasteiger partial charge in [-0.3, -0.25) is 37.3 Å². The number of rotatable bonds is 68. The standard InChI is InChI=1S/C68H132O17P2/c1-6-9-12-15-18-21-22-28-33-37-42-47-52-66(71)79-58-64(85-68(73)54-49-44-39-34-29-26-24-23-25-27-32-35-40-45-50-61(4)5)60-83-87(76,77)81-56-62(69)55-80-86(74,75)82-59-63(84-67(72)53-48-43-38-31-20-17-14-11-8-3)57-78-65(70)51-46-41-36-30-19-16-13-10-7-2/h61-64,69H,6-60H2,1-5H3,(H,74,75)(H,76,77)/t62-,63+,64+/m0/s1. The lowest BCUT2D eigenvalue weighted by atomic mass is 10.0. The van der Waals surface area contributed by atoms with E-state index in [9.17, 15) is 43.2 Å². The van der Waals surface area contributed by atoms with E-state index < -0.39 is 97.5 Å². The molecule has 0 saturated heterocycles. The van der Waals surface area contributed by atoms with E-state index in [-0.39, 0.29) is 25.7 Å². The number of phosphoric acid groups is 2. The molecule has 0 bridgehead atoms. The third-order valence-electron chi connectivity index (χ3n) is 15.8. The molecule has 2 unspecified atom stereocenters. The molecule has 0 amide bonds. The Morgan fingerprint density at radius 3 is 0.782 bits per heavy atom. The van der Waals surface area contributed by atoms with Crippen molar-refractivity contribution < 1.29 is 80.2 Å². The topological polar surface area (TPSA) is 237 Å². The number of unbranched alkanes of at least 4 members (excludes halogenated alkanes) is 40. The molecule has 87 heavy (non-hydrogen) atoms. The molecule has 0 aliphatic rings. The first-order valence-electron chi connectivity index (χ1n) is 35.6. The lowest BCUT2D eigenvalue weighted by Gasteiger charge is -2.21. The van der Waals surface area contributed by atoms with Crippen LogP contribution in [0.3, 0.4) is 0 Å². The molecular formula is C68H132O17P2. The van der Waals surface area contributed by atoms with Crippen LogP contribution in [0.15, 0.2) is 0 Å². The number of carbonyl (C=O) groups excluding carboxylic acids is 4. The average Bonchev–Trinajstić information content (AvgIpc) is 3.69. The summed E-state index contributed by atoms with van der Waals surface area (Å²) in [5.74, 6) is -1.33. The molecule has 0 saturated carbocycles. The SMILES string of the molecule is CCCCCCCCCCCCCCC(=O)OC[C@H](COP(=O)(O)OC[C@@H](O)COP(=O)(O)OC[C@@H](COC(=O)CCCCCCCCCCC)OC(=O)CCCCCCCCCCC)OC(=O)CCCCCCCCCCCCCCCCC(C)C. The van der Waals surface area contributed by atoms with Gasteiger partial charge in [0, 0.05) is 25.7 Å². The first kappa shape index (κ1) is 85.1. The highest BCUT2D eigenvalue weighted by atomic mass is 31.2. The summed E-state index contributed by atoms with van der Waals surface area (Å²) in [5.41, 5.74) is 0. The van der Waals surface area contributed by atoms with Crippen molar-refractivity contribution >= 4 is 39.5 Å². The van der Waals surface area contributed by atoms with Crippen LogP contribution in [0.2, 0.25) is 0 Å². The van der Waals surface area contributed by atoms with Crippen LogP contribution in [0.5, 0.6) is 0 Å². The van der Waals surface area contributed by atoms with Gasteiger partial charge in [0.1, 0.15) is 19.3 Å². The highest BCUT2D eigenvalue weighted by Gasteiger charge is 2.30. The highest BCUT2D eigenvalue weighted by molar-refractivity contribution is 7.47. The van der Waals surface area contributed by atoms with Crippen molar-refractivity contribution in [3.8, 4) is 0 Å². The Balaban J connectivity index is 5.20. The Morgan fingerprint density at radius 2 is 0.529 bits per heavy atom. The molecule has 17 nitrogen and oxygen atoms in total. The van der Waals surface area contributed by atoms with E-state index in [4.69, 9.17) is 37.0 Å². The predicted molar refractivity (Wildman–Crippen MR) is 349 cm³/mol. The van der Waals surface area contributed by atoms with E-state index in [1.807, 2.05) is 0 Å². The lowest BCUT2D eigenvalue weighted by molar-refractivity contribution is -0.161. The highest BCUT2D eigenvalue weighted by Crippen LogP contribution is 2.45. The largest absolute Gasteiger partial charge is 0.472 e. The molecule has 0 fully saturated rings. The van der Waals surface area contributed by atoms with Gasteiger partial charge in [-0.25, -0.2) is 9.13 Å². The second kappa shape index (κ2) is 61.6. The van der Waals surface area contributed by atoms with Crippen molar-refractivity contribution in [2.45, 2.75) is 368 Å². The maximum absolute atomic E-state index is 13.0.